The Bertz CT molecular complexity index is 119. The smallest absolute Gasteiger partial charge is 0.0558 e. The van der Waals surface area contributed by atoms with Gasteiger partial charge in [-0.1, -0.05) is 0 Å². The molecule has 0 spiro atoms. The minimum Gasteiger partial charge on any atom is -0.396 e. The van der Waals surface area contributed by atoms with Crippen LogP contribution in [0.1, 0.15) is 19.3 Å². The number of likely N-dealkylation sites (tertiary alicyclic amines) is 1. The van der Waals surface area contributed by atoms with Gasteiger partial charge < -0.3 is 15.1 Å². The fraction of sp³-hybridized carbons (Fsp3) is 1.00. The van der Waals surface area contributed by atoms with Crippen molar-refractivity contribution in [1.29, 1.82) is 0 Å². The molecule has 0 aromatic heterocycles. The van der Waals surface area contributed by atoms with Crippen molar-refractivity contribution in [3.63, 3.8) is 0 Å². The van der Waals surface area contributed by atoms with Crippen LogP contribution in [0.25, 0.3) is 0 Å². The summed E-state index contributed by atoms with van der Waals surface area (Å²) in [7, 11) is 0. The number of aliphatic hydroxyl groups is 2. The van der Waals surface area contributed by atoms with Crippen LogP contribution in [0.4, 0.5) is 0 Å². The van der Waals surface area contributed by atoms with Crippen LogP contribution in [0.3, 0.4) is 0 Å². The Labute approximate surface area is 74.0 Å². The standard InChI is InChI=1S/C9H19NO2/c11-7-6-10-4-1-2-9(8-12)3-5-10/h9,11-12H,1-8H2. The van der Waals surface area contributed by atoms with Crippen molar-refractivity contribution in [2.24, 2.45) is 5.92 Å². The van der Waals surface area contributed by atoms with Gasteiger partial charge in [0.2, 0.25) is 0 Å². The summed E-state index contributed by atoms with van der Waals surface area (Å²) in [6, 6.07) is 0. The SMILES string of the molecule is OCCN1CCCC(CO)CC1. The third-order valence-corrected chi connectivity index (χ3v) is 2.61. The van der Waals surface area contributed by atoms with E-state index >= 15 is 0 Å². The summed E-state index contributed by atoms with van der Waals surface area (Å²) in [5.74, 6) is 0.494. The van der Waals surface area contributed by atoms with E-state index in [0.29, 0.717) is 12.5 Å². The molecule has 0 aliphatic carbocycles. The molecule has 3 nitrogen and oxygen atoms in total. The zero-order valence-corrected chi connectivity index (χ0v) is 7.58. The number of nitrogens with zero attached hydrogens (tertiary/aromatic N) is 1. The predicted octanol–water partition coefficient (Wildman–Crippen LogP) is 0.0731. The van der Waals surface area contributed by atoms with Crippen LogP contribution in [0.15, 0.2) is 0 Å². The highest BCUT2D eigenvalue weighted by Gasteiger charge is 2.15. The summed E-state index contributed by atoms with van der Waals surface area (Å²) >= 11 is 0. The summed E-state index contributed by atoms with van der Waals surface area (Å²) < 4.78 is 0. The van der Waals surface area contributed by atoms with E-state index in [0.717, 1.165) is 38.9 Å². The van der Waals surface area contributed by atoms with E-state index in [2.05, 4.69) is 4.90 Å². The first-order valence-corrected chi connectivity index (χ1v) is 4.81. The second kappa shape index (κ2) is 5.51. The Morgan fingerprint density at radius 2 is 2.00 bits per heavy atom. The Morgan fingerprint density at radius 3 is 2.67 bits per heavy atom. The highest BCUT2D eigenvalue weighted by molar-refractivity contribution is 4.68. The first kappa shape index (κ1) is 9.96. The molecular weight excluding hydrogens is 154 g/mol. The quantitative estimate of drug-likeness (QED) is 0.635. The highest BCUT2D eigenvalue weighted by Crippen LogP contribution is 2.16. The Morgan fingerprint density at radius 1 is 1.17 bits per heavy atom. The zero-order valence-electron chi connectivity index (χ0n) is 7.58. The Kier molecular flexibility index (Phi) is 4.58. The molecule has 1 fully saturated rings. The highest BCUT2D eigenvalue weighted by atomic mass is 16.3. The van der Waals surface area contributed by atoms with Crippen LogP contribution in [0.2, 0.25) is 0 Å². The lowest BCUT2D eigenvalue weighted by atomic mass is 10.0. The minimum absolute atomic E-state index is 0.254. The third kappa shape index (κ3) is 3.09. The number of hydrogen-bond donors (Lipinski definition) is 2. The van der Waals surface area contributed by atoms with Gasteiger partial charge in [0.05, 0.1) is 6.61 Å². The lowest BCUT2D eigenvalue weighted by Crippen LogP contribution is -2.28. The fourth-order valence-corrected chi connectivity index (χ4v) is 1.77. The second-order valence-corrected chi connectivity index (χ2v) is 3.54. The van der Waals surface area contributed by atoms with E-state index in [4.69, 9.17) is 10.2 Å². The number of rotatable bonds is 3. The largest absolute Gasteiger partial charge is 0.396 e. The van der Waals surface area contributed by atoms with Crippen LogP contribution < -0.4 is 0 Å². The summed E-state index contributed by atoms with van der Waals surface area (Å²) in [4.78, 5) is 2.27. The molecule has 1 saturated heterocycles. The van der Waals surface area contributed by atoms with E-state index in [1.165, 1.54) is 0 Å². The van der Waals surface area contributed by atoms with Gasteiger partial charge in [0.1, 0.15) is 0 Å². The molecule has 0 radical (unpaired) electrons. The van der Waals surface area contributed by atoms with Crippen LogP contribution in [0, 0.1) is 5.92 Å². The average molecular weight is 173 g/mol. The molecule has 1 aliphatic heterocycles. The van der Waals surface area contributed by atoms with Gasteiger partial charge in [-0.05, 0) is 38.3 Å². The molecular formula is C9H19NO2. The molecule has 0 bridgehead atoms. The maximum atomic E-state index is 8.96. The maximum Gasteiger partial charge on any atom is 0.0558 e. The topological polar surface area (TPSA) is 43.7 Å². The molecule has 1 unspecified atom stereocenters. The van der Waals surface area contributed by atoms with Crippen molar-refractivity contribution in [1.82, 2.24) is 4.90 Å². The first-order chi connectivity index (χ1) is 5.86. The lowest BCUT2D eigenvalue weighted by molar-refractivity contribution is 0.189. The summed E-state index contributed by atoms with van der Waals surface area (Å²) in [6.07, 6.45) is 3.38. The zero-order chi connectivity index (χ0) is 8.81. The van der Waals surface area contributed by atoms with E-state index in [1.54, 1.807) is 0 Å². The van der Waals surface area contributed by atoms with Gasteiger partial charge in [-0.2, -0.15) is 0 Å². The molecule has 3 heteroatoms. The summed E-state index contributed by atoms with van der Waals surface area (Å²) in [6.45, 7) is 3.48. The Hall–Kier alpha value is -0.120. The monoisotopic (exact) mass is 173 g/mol. The summed E-state index contributed by atoms with van der Waals surface area (Å²) in [5.41, 5.74) is 0. The summed E-state index contributed by atoms with van der Waals surface area (Å²) in [5, 5.41) is 17.7. The molecule has 0 amide bonds. The van der Waals surface area contributed by atoms with Crippen molar-refractivity contribution in [2.75, 3.05) is 32.8 Å². The van der Waals surface area contributed by atoms with Gasteiger partial charge in [-0.15, -0.1) is 0 Å². The first-order valence-electron chi connectivity index (χ1n) is 4.81. The minimum atomic E-state index is 0.254. The van der Waals surface area contributed by atoms with Gasteiger partial charge >= 0.3 is 0 Å². The van der Waals surface area contributed by atoms with E-state index in [1.807, 2.05) is 0 Å². The molecule has 72 valence electrons. The average Bonchev–Trinajstić information content (AvgIpc) is 2.31. The van der Waals surface area contributed by atoms with Gasteiger partial charge in [0.15, 0.2) is 0 Å². The predicted molar refractivity (Wildman–Crippen MR) is 48.0 cm³/mol. The second-order valence-electron chi connectivity index (χ2n) is 3.54. The molecule has 2 N–H and O–H groups in total. The van der Waals surface area contributed by atoms with Crippen LogP contribution in [-0.4, -0.2) is 48.0 Å². The molecule has 0 aromatic carbocycles. The Balaban J connectivity index is 2.24. The molecule has 0 aromatic rings. The molecule has 1 atom stereocenters. The number of hydrogen-bond acceptors (Lipinski definition) is 3. The van der Waals surface area contributed by atoms with Crippen molar-refractivity contribution in [2.45, 2.75) is 19.3 Å². The van der Waals surface area contributed by atoms with Crippen molar-refractivity contribution < 1.29 is 10.2 Å². The lowest BCUT2D eigenvalue weighted by Gasteiger charge is -2.18. The van der Waals surface area contributed by atoms with Crippen LogP contribution in [-0.2, 0) is 0 Å². The van der Waals surface area contributed by atoms with Crippen molar-refractivity contribution in [3.8, 4) is 0 Å². The third-order valence-electron chi connectivity index (χ3n) is 2.61. The molecule has 1 rings (SSSR count). The van der Waals surface area contributed by atoms with Gasteiger partial charge in [0.25, 0.3) is 0 Å². The molecule has 1 heterocycles. The molecule has 1 aliphatic rings. The molecule has 0 saturated carbocycles. The van der Waals surface area contributed by atoms with Crippen molar-refractivity contribution >= 4 is 0 Å². The maximum absolute atomic E-state index is 8.96. The molecule has 12 heavy (non-hydrogen) atoms. The number of aliphatic hydroxyl groups excluding tert-OH is 2. The fourth-order valence-electron chi connectivity index (χ4n) is 1.77. The van der Waals surface area contributed by atoms with Gasteiger partial charge in [-0.25, -0.2) is 0 Å². The van der Waals surface area contributed by atoms with Crippen LogP contribution in [0.5, 0.6) is 0 Å². The van der Waals surface area contributed by atoms with E-state index in [-0.39, 0.29) is 6.61 Å². The normalized spacial score (nSPS) is 27.0. The van der Waals surface area contributed by atoms with E-state index < -0.39 is 0 Å². The van der Waals surface area contributed by atoms with Crippen molar-refractivity contribution in [3.05, 3.63) is 0 Å². The van der Waals surface area contributed by atoms with Crippen LogP contribution >= 0.6 is 0 Å². The number of β-amino-alcohol motifs (C(OH)–C–C–N with tert-alkyl or cyclic N) is 1. The van der Waals surface area contributed by atoms with E-state index in [9.17, 15) is 0 Å². The van der Waals surface area contributed by atoms with Gasteiger partial charge in [-0.3, -0.25) is 0 Å². The van der Waals surface area contributed by atoms with Gasteiger partial charge in [0, 0.05) is 13.2 Å².